The number of aldehydes is 1. The van der Waals surface area contributed by atoms with E-state index in [1.807, 2.05) is 0 Å². The largest absolute Gasteiger partial charge is 0.384 e. The van der Waals surface area contributed by atoms with E-state index < -0.39 is 5.60 Å². The summed E-state index contributed by atoms with van der Waals surface area (Å²) in [6.07, 6.45) is 2.24. The van der Waals surface area contributed by atoms with Gasteiger partial charge in [-0.3, -0.25) is 9.78 Å². The fourth-order valence-electron chi connectivity index (χ4n) is 0.855. The number of aliphatic hydroxyl groups is 1. The minimum Gasteiger partial charge on any atom is -0.384 e. The van der Waals surface area contributed by atoms with Gasteiger partial charge in [-0.25, -0.2) is 0 Å². The van der Waals surface area contributed by atoms with Gasteiger partial charge < -0.3 is 5.11 Å². The Morgan fingerprint density at radius 3 is 2.75 bits per heavy atom. The maximum atomic E-state index is 10.4. The van der Waals surface area contributed by atoms with Crippen molar-refractivity contribution in [3.8, 4) is 0 Å². The van der Waals surface area contributed by atoms with Crippen molar-refractivity contribution in [3.05, 3.63) is 29.6 Å². The number of carbonyl (C=O) groups excluding carboxylic acids is 1. The Kier molecular flexibility index (Phi) is 2.24. The molecule has 0 aromatic carbocycles. The second-order valence-electron chi connectivity index (χ2n) is 3.15. The van der Waals surface area contributed by atoms with E-state index in [1.54, 1.807) is 26.0 Å². The Balaban J connectivity index is 3.10. The summed E-state index contributed by atoms with van der Waals surface area (Å²) in [5.41, 5.74) is 0.0492. The summed E-state index contributed by atoms with van der Waals surface area (Å²) in [6, 6.07) is 3.18. The molecule has 1 aromatic rings. The maximum absolute atomic E-state index is 10.4. The number of pyridine rings is 1. The molecule has 0 fully saturated rings. The summed E-state index contributed by atoms with van der Waals surface area (Å²) in [6.45, 7) is 3.26. The summed E-state index contributed by atoms with van der Waals surface area (Å²) in [7, 11) is 0. The van der Waals surface area contributed by atoms with Crippen LogP contribution in [0.15, 0.2) is 18.3 Å². The van der Waals surface area contributed by atoms with Crippen LogP contribution in [0.5, 0.6) is 0 Å². The SMILES string of the molecule is CC(C)(O)c1cc(C=O)ccn1. The van der Waals surface area contributed by atoms with E-state index in [9.17, 15) is 9.90 Å². The smallest absolute Gasteiger partial charge is 0.150 e. The van der Waals surface area contributed by atoms with Gasteiger partial charge in [0.05, 0.1) is 5.69 Å². The van der Waals surface area contributed by atoms with E-state index in [0.29, 0.717) is 11.3 Å². The maximum Gasteiger partial charge on any atom is 0.150 e. The Hall–Kier alpha value is -1.22. The molecule has 3 heteroatoms. The van der Waals surface area contributed by atoms with Crippen LogP contribution in [0.1, 0.15) is 29.9 Å². The Morgan fingerprint density at radius 2 is 2.25 bits per heavy atom. The van der Waals surface area contributed by atoms with Gasteiger partial charge in [0.2, 0.25) is 0 Å². The molecule has 0 saturated carbocycles. The highest BCUT2D eigenvalue weighted by Crippen LogP contribution is 2.16. The van der Waals surface area contributed by atoms with Crippen LogP contribution in [0.2, 0.25) is 0 Å². The van der Waals surface area contributed by atoms with Crippen LogP contribution in [-0.4, -0.2) is 16.4 Å². The third-order valence-corrected chi connectivity index (χ3v) is 1.55. The molecule has 1 heterocycles. The molecule has 0 unspecified atom stereocenters. The molecule has 0 radical (unpaired) electrons. The lowest BCUT2D eigenvalue weighted by Crippen LogP contribution is -2.17. The summed E-state index contributed by atoms with van der Waals surface area (Å²) >= 11 is 0. The standard InChI is InChI=1S/C9H11NO2/c1-9(2,12)8-5-7(6-11)3-4-10-8/h3-6,12H,1-2H3. The third kappa shape index (κ3) is 1.89. The molecule has 0 saturated heterocycles. The van der Waals surface area contributed by atoms with E-state index >= 15 is 0 Å². The molecule has 0 aliphatic carbocycles. The van der Waals surface area contributed by atoms with Crippen LogP contribution in [0.3, 0.4) is 0 Å². The van der Waals surface area contributed by atoms with Gasteiger partial charge in [-0.05, 0) is 26.0 Å². The lowest BCUT2D eigenvalue weighted by Gasteiger charge is -2.15. The Labute approximate surface area is 71.1 Å². The van der Waals surface area contributed by atoms with Crippen LogP contribution in [-0.2, 0) is 5.60 Å². The summed E-state index contributed by atoms with van der Waals surface area (Å²) < 4.78 is 0. The minimum absolute atomic E-state index is 0.507. The van der Waals surface area contributed by atoms with Crippen molar-refractivity contribution in [3.63, 3.8) is 0 Å². The van der Waals surface area contributed by atoms with Gasteiger partial charge in [0.25, 0.3) is 0 Å². The van der Waals surface area contributed by atoms with Gasteiger partial charge >= 0.3 is 0 Å². The summed E-state index contributed by atoms with van der Waals surface area (Å²) in [5, 5.41) is 9.53. The van der Waals surface area contributed by atoms with E-state index in [4.69, 9.17) is 0 Å². The molecule has 0 aliphatic heterocycles. The number of hydrogen-bond acceptors (Lipinski definition) is 3. The Bertz CT molecular complexity index is 289. The van der Waals surface area contributed by atoms with Gasteiger partial charge in [0.1, 0.15) is 11.9 Å². The van der Waals surface area contributed by atoms with Crippen molar-refractivity contribution in [2.24, 2.45) is 0 Å². The predicted octanol–water partition coefficient (Wildman–Crippen LogP) is 1.12. The monoisotopic (exact) mass is 165 g/mol. The summed E-state index contributed by atoms with van der Waals surface area (Å²) in [4.78, 5) is 14.3. The zero-order valence-corrected chi connectivity index (χ0v) is 7.11. The van der Waals surface area contributed by atoms with Crippen molar-refractivity contribution in [1.29, 1.82) is 0 Å². The number of aromatic nitrogens is 1. The number of carbonyl (C=O) groups is 1. The lowest BCUT2D eigenvalue weighted by atomic mass is 10.0. The molecular formula is C9H11NO2. The van der Waals surface area contributed by atoms with Crippen LogP contribution in [0, 0.1) is 0 Å². The molecular weight excluding hydrogens is 154 g/mol. The molecule has 64 valence electrons. The van der Waals surface area contributed by atoms with E-state index in [2.05, 4.69) is 4.98 Å². The molecule has 3 nitrogen and oxygen atoms in total. The molecule has 0 spiro atoms. The highest BCUT2D eigenvalue weighted by Gasteiger charge is 2.17. The average molecular weight is 165 g/mol. The molecule has 0 bridgehead atoms. The molecule has 0 atom stereocenters. The fourth-order valence-corrected chi connectivity index (χ4v) is 0.855. The number of nitrogens with zero attached hydrogens (tertiary/aromatic N) is 1. The lowest BCUT2D eigenvalue weighted by molar-refractivity contribution is 0.0738. The van der Waals surface area contributed by atoms with Gasteiger partial charge in [-0.2, -0.15) is 0 Å². The zero-order valence-electron chi connectivity index (χ0n) is 7.11. The first-order chi connectivity index (χ1) is 5.54. The van der Waals surface area contributed by atoms with Gasteiger partial charge in [0, 0.05) is 11.8 Å². The van der Waals surface area contributed by atoms with Crippen LogP contribution in [0.4, 0.5) is 0 Å². The molecule has 0 aliphatic rings. The van der Waals surface area contributed by atoms with E-state index in [0.717, 1.165) is 6.29 Å². The average Bonchev–Trinajstić information content (AvgIpc) is 2.03. The van der Waals surface area contributed by atoms with Crippen molar-refractivity contribution >= 4 is 6.29 Å². The van der Waals surface area contributed by atoms with Crippen LogP contribution >= 0.6 is 0 Å². The molecule has 1 aromatic heterocycles. The summed E-state index contributed by atoms with van der Waals surface area (Å²) in [5.74, 6) is 0. The normalized spacial score (nSPS) is 11.2. The zero-order chi connectivity index (χ0) is 9.19. The number of hydrogen-bond donors (Lipinski definition) is 1. The third-order valence-electron chi connectivity index (χ3n) is 1.55. The topological polar surface area (TPSA) is 50.2 Å². The van der Waals surface area contributed by atoms with Crippen LogP contribution < -0.4 is 0 Å². The number of rotatable bonds is 2. The van der Waals surface area contributed by atoms with E-state index in [-0.39, 0.29) is 0 Å². The molecule has 1 rings (SSSR count). The second kappa shape index (κ2) is 3.03. The quantitative estimate of drug-likeness (QED) is 0.668. The predicted molar refractivity (Wildman–Crippen MR) is 44.9 cm³/mol. The van der Waals surface area contributed by atoms with Gasteiger partial charge in [-0.15, -0.1) is 0 Å². The molecule has 1 N–H and O–H groups in total. The first-order valence-electron chi connectivity index (χ1n) is 3.68. The van der Waals surface area contributed by atoms with Crippen molar-refractivity contribution < 1.29 is 9.90 Å². The minimum atomic E-state index is -0.987. The first kappa shape index (κ1) is 8.87. The highest BCUT2D eigenvalue weighted by atomic mass is 16.3. The Morgan fingerprint density at radius 1 is 1.58 bits per heavy atom. The van der Waals surface area contributed by atoms with Gasteiger partial charge in [-0.1, -0.05) is 0 Å². The second-order valence-corrected chi connectivity index (χ2v) is 3.15. The first-order valence-corrected chi connectivity index (χ1v) is 3.68. The molecule has 0 amide bonds. The van der Waals surface area contributed by atoms with Crippen molar-refractivity contribution in [2.75, 3.05) is 0 Å². The van der Waals surface area contributed by atoms with Crippen LogP contribution in [0.25, 0.3) is 0 Å². The van der Waals surface area contributed by atoms with E-state index in [1.165, 1.54) is 6.20 Å². The fraction of sp³-hybridized carbons (Fsp3) is 0.333. The van der Waals surface area contributed by atoms with Crippen molar-refractivity contribution in [2.45, 2.75) is 19.4 Å². The van der Waals surface area contributed by atoms with Crippen molar-refractivity contribution in [1.82, 2.24) is 4.98 Å². The van der Waals surface area contributed by atoms with Gasteiger partial charge in [0.15, 0.2) is 0 Å². The molecule has 12 heavy (non-hydrogen) atoms. The highest BCUT2D eigenvalue weighted by molar-refractivity contribution is 5.74.